The Hall–Kier alpha value is -3.26. The first-order valence-electron chi connectivity index (χ1n) is 9.79. The van der Waals surface area contributed by atoms with E-state index in [1.165, 1.54) is 0 Å². The molecule has 1 aliphatic heterocycles. The lowest BCUT2D eigenvalue weighted by atomic mass is 10.2. The molecule has 0 saturated carbocycles. The number of aromatic nitrogens is 3. The van der Waals surface area contributed by atoms with Crippen LogP contribution in [0.1, 0.15) is 6.92 Å². The van der Waals surface area contributed by atoms with Gasteiger partial charge in [-0.1, -0.05) is 12.2 Å². The van der Waals surface area contributed by atoms with Crippen molar-refractivity contribution in [1.29, 1.82) is 0 Å². The van der Waals surface area contributed by atoms with Crippen LogP contribution in [0, 0.1) is 0 Å². The molecule has 0 aliphatic carbocycles. The van der Waals surface area contributed by atoms with E-state index in [9.17, 15) is 4.21 Å². The Bertz CT molecular complexity index is 1120. The lowest BCUT2D eigenvalue weighted by molar-refractivity contribution is 0.673. The Morgan fingerprint density at radius 2 is 2.00 bits per heavy atom. The van der Waals surface area contributed by atoms with Gasteiger partial charge in [0.2, 0.25) is 5.95 Å². The lowest BCUT2D eigenvalue weighted by Crippen LogP contribution is -2.37. The maximum atomic E-state index is 11.6. The molecular weight excluding hydrogens is 396 g/mol. The number of fused-ring (bicyclic) bond motifs is 1. The molecule has 0 unspecified atom stereocenters. The van der Waals surface area contributed by atoms with Crippen LogP contribution in [0.4, 0.5) is 17.3 Å². The zero-order valence-corrected chi connectivity index (χ0v) is 17.7. The molecule has 7 nitrogen and oxygen atoms in total. The highest BCUT2D eigenvalue weighted by atomic mass is 32.2. The molecule has 1 N–H and O–H groups in total. The summed E-state index contributed by atoms with van der Waals surface area (Å²) in [5.74, 6) is 2.67. The number of nitrogens with one attached hydrogen (secondary N) is 1. The van der Waals surface area contributed by atoms with Crippen molar-refractivity contribution in [2.45, 2.75) is 6.92 Å². The van der Waals surface area contributed by atoms with Crippen LogP contribution in [0.2, 0.25) is 0 Å². The van der Waals surface area contributed by atoms with Crippen molar-refractivity contribution in [3.63, 3.8) is 0 Å². The Balaban J connectivity index is 1.54. The van der Waals surface area contributed by atoms with Crippen LogP contribution in [0.5, 0.6) is 0 Å². The molecule has 8 heteroatoms. The monoisotopic (exact) mass is 420 g/mol. The second kappa shape index (κ2) is 9.04. The summed E-state index contributed by atoms with van der Waals surface area (Å²) in [5, 5.41) is 4.19. The molecule has 0 bridgehead atoms. The molecular formula is C22H24N6OS. The zero-order valence-electron chi connectivity index (χ0n) is 16.9. The second-order valence-corrected chi connectivity index (χ2v) is 8.57. The van der Waals surface area contributed by atoms with E-state index in [1.54, 1.807) is 6.20 Å². The molecule has 0 amide bonds. The average molecular weight is 421 g/mol. The van der Waals surface area contributed by atoms with E-state index in [4.69, 9.17) is 0 Å². The third kappa shape index (κ3) is 4.33. The largest absolute Gasteiger partial charge is 0.370 e. The first-order valence-corrected chi connectivity index (χ1v) is 11.3. The van der Waals surface area contributed by atoms with E-state index in [-0.39, 0.29) is 0 Å². The maximum absolute atomic E-state index is 11.6. The maximum Gasteiger partial charge on any atom is 0.229 e. The number of hydrogen-bond donors (Lipinski definition) is 1. The molecule has 3 aromatic rings. The highest BCUT2D eigenvalue weighted by Gasteiger charge is 2.15. The van der Waals surface area contributed by atoms with Gasteiger partial charge in [-0.25, -0.2) is 9.98 Å². The van der Waals surface area contributed by atoms with E-state index in [0.717, 1.165) is 47.0 Å². The molecule has 154 valence electrons. The van der Waals surface area contributed by atoms with Crippen molar-refractivity contribution in [3.8, 4) is 0 Å². The Kier molecular flexibility index (Phi) is 6.04. The van der Waals surface area contributed by atoms with Gasteiger partial charge in [-0.2, -0.15) is 4.98 Å². The van der Waals surface area contributed by atoms with Gasteiger partial charge in [0, 0.05) is 64.5 Å². The molecule has 3 heterocycles. The third-order valence-electron chi connectivity index (χ3n) is 4.94. The quantitative estimate of drug-likeness (QED) is 0.485. The van der Waals surface area contributed by atoms with Gasteiger partial charge in [-0.3, -0.25) is 8.78 Å². The van der Waals surface area contributed by atoms with E-state index in [2.05, 4.69) is 44.0 Å². The SMILES string of the molecule is C=N/C(=C\C=C/C)n1ccc2cnc(Nc3ccc(N4CCS(=O)CC4)cc3)nc21. The summed E-state index contributed by atoms with van der Waals surface area (Å²) in [4.78, 5) is 15.5. The van der Waals surface area contributed by atoms with Gasteiger partial charge in [0.15, 0.2) is 5.65 Å². The van der Waals surface area contributed by atoms with Gasteiger partial charge in [-0.05, 0) is 50.0 Å². The highest BCUT2D eigenvalue weighted by Crippen LogP contribution is 2.23. The normalized spacial score (nSPS) is 15.8. The zero-order chi connectivity index (χ0) is 20.9. The van der Waals surface area contributed by atoms with Gasteiger partial charge in [0.25, 0.3) is 0 Å². The van der Waals surface area contributed by atoms with E-state index < -0.39 is 10.8 Å². The van der Waals surface area contributed by atoms with Crippen LogP contribution < -0.4 is 10.2 Å². The van der Waals surface area contributed by atoms with Crippen molar-refractivity contribution in [3.05, 3.63) is 61.0 Å². The van der Waals surface area contributed by atoms with Gasteiger partial charge in [0.1, 0.15) is 5.82 Å². The first-order chi connectivity index (χ1) is 14.7. The van der Waals surface area contributed by atoms with Crippen molar-refractivity contribution in [2.75, 3.05) is 34.8 Å². The standard InChI is InChI=1S/C22H24N6OS/c1-3-4-5-20(23-2)28-11-10-17-16-24-22(26-21(17)28)25-18-6-8-19(9-7-18)27-12-14-30(29)15-13-27/h3-11,16H,2,12-15H2,1H3,(H,24,25,26)/b4-3-,20-5+. The smallest absolute Gasteiger partial charge is 0.229 e. The van der Waals surface area contributed by atoms with Crippen molar-refractivity contribution < 1.29 is 4.21 Å². The number of anilines is 3. The summed E-state index contributed by atoms with van der Waals surface area (Å²) in [6.45, 7) is 7.28. The van der Waals surface area contributed by atoms with Gasteiger partial charge in [0.05, 0.1) is 0 Å². The summed E-state index contributed by atoms with van der Waals surface area (Å²) in [6, 6.07) is 10.1. The highest BCUT2D eigenvalue weighted by molar-refractivity contribution is 7.85. The number of nitrogens with zero attached hydrogens (tertiary/aromatic N) is 5. The summed E-state index contributed by atoms with van der Waals surface area (Å²) in [5.41, 5.74) is 2.80. The fourth-order valence-electron chi connectivity index (χ4n) is 3.34. The molecule has 1 saturated heterocycles. The van der Waals surface area contributed by atoms with Crippen LogP contribution in [-0.4, -0.2) is 50.1 Å². The minimum atomic E-state index is -0.673. The average Bonchev–Trinajstić information content (AvgIpc) is 3.19. The Labute approximate surface area is 178 Å². The molecule has 1 aromatic carbocycles. The molecule has 2 aromatic heterocycles. The fourth-order valence-corrected chi connectivity index (χ4v) is 4.39. The second-order valence-electron chi connectivity index (χ2n) is 6.87. The van der Waals surface area contributed by atoms with E-state index in [0.29, 0.717) is 11.8 Å². The number of benzene rings is 1. The Morgan fingerprint density at radius 1 is 1.23 bits per heavy atom. The number of aliphatic imine (C=N–C) groups is 1. The third-order valence-corrected chi connectivity index (χ3v) is 6.22. The van der Waals surface area contributed by atoms with Crippen molar-refractivity contribution in [1.82, 2.24) is 14.5 Å². The van der Waals surface area contributed by atoms with Gasteiger partial charge < -0.3 is 10.2 Å². The number of allylic oxidation sites excluding steroid dienone is 3. The predicted molar refractivity (Wildman–Crippen MR) is 126 cm³/mol. The van der Waals surface area contributed by atoms with Crippen LogP contribution in [0.15, 0.2) is 65.9 Å². The lowest BCUT2D eigenvalue weighted by Gasteiger charge is -2.28. The summed E-state index contributed by atoms with van der Waals surface area (Å²) < 4.78 is 13.4. The minimum Gasteiger partial charge on any atom is -0.370 e. The molecule has 0 radical (unpaired) electrons. The van der Waals surface area contributed by atoms with Crippen molar-refractivity contribution in [2.24, 2.45) is 4.99 Å². The minimum absolute atomic E-state index is 0.512. The van der Waals surface area contributed by atoms with Gasteiger partial charge >= 0.3 is 0 Å². The van der Waals surface area contributed by atoms with Crippen molar-refractivity contribution >= 4 is 51.7 Å². The Morgan fingerprint density at radius 3 is 2.70 bits per heavy atom. The van der Waals surface area contributed by atoms with E-state index >= 15 is 0 Å². The fraction of sp³-hybridized carbons (Fsp3) is 0.227. The molecule has 1 fully saturated rings. The molecule has 0 spiro atoms. The first kappa shape index (κ1) is 20.0. The topological polar surface area (TPSA) is 75.4 Å². The van der Waals surface area contributed by atoms with E-state index in [1.807, 2.05) is 54.1 Å². The van der Waals surface area contributed by atoms with Crippen LogP contribution in [0.3, 0.4) is 0 Å². The molecule has 1 aliphatic rings. The predicted octanol–water partition coefficient (Wildman–Crippen LogP) is 3.82. The van der Waals surface area contributed by atoms with Gasteiger partial charge in [-0.15, -0.1) is 0 Å². The number of hydrogen-bond acceptors (Lipinski definition) is 6. The summed E-state index contributed by atoms with van der Waals surface area (Å²) in [6.07, 6.45) is 9.44. The summed E-state index contributed by atoms with van der Waals surface area (Å²) in [7, 11) is -0.673. The molecule has 4 rings (SSSR count). The summed E-state index contributed by atoms with van der Waals surface area (Å²) >= 11 is 0. The van der Waals surface area contributed by atoms with Crippen LogP contribution in [-0.2, 0) is 10.8 Å². The molecule has 0 atom stereocenters. The van der Waals surface area contributed by atoms with Crippen LogP contribution >= 0.6 is 0 Å². The van der Waals surface area contributed by atoms with Crippen LogP contribution in [0.25, 0.3) is 16.9 Å². The molecule has 30 heavy (non-hydrogen) atoms. The number of rotatable bonds is 6.